The third kappa shape index (κ3) is 2.88. The summed E-state index contributed by atoms with van der Waals surface area (Å²) < 4.78 is 31.3. The molecule has 5 heteroatoms. The highest BCUT2D eigenvalue weighted by Crippen LogP contribution is 2.38. The molecule has 0 bridgehead atoms. The minimum absolute atomic E-state index is 0.0481. The van der Waals surface area contributed by atoms with Gasteiger partial charge in [-0.15, -0.1) is 0 Å². The topological polar surface area (TPSA) is 39.7 Å². The van der Waals surface area contributed by atoms with Gasteiger partial charge in [0.15, 0.2) is 11.5 Å². The van der Waals surface area contributed by atoms with Gasteiger partial charge < -0.3 is 19.5 Å². The molecular weight excluding hydrogens is 261 g/mol. The zero-order chi connectivity index (χ0) is 14.0. The summed E-state index contributed by atoms with van der Waals surface area (Å²) >= 11 is 0. The van der Waals surface area contributed by atoms with Crippen LogP contribution in [0.5, 0.6) is 11.5 Å². The monoisotopic (exact) mass is 281 g/mol. The molecule has 2 aliphatic rings. The van der Waals surface area contributed by atoms with Gasteiger partial charge >= 0.3 is 0 Å². The first-order valence-electron chi connectivity index (χ1n) is 7.05. The number of hydrogen-bond donors (Lipinski definition) is 1. The molecule has 0 aliphatic carbocycles. The van der Waals surface area contributed by atoms with E-state index in [0.29, 0.717) is 49.9 Å². The van der Waals surface area contributed by atoms with Crippen LogP contribution in [0.4, 0.5) is 4.39 Å². The van der Waals surface area contributed by atoms with Gasteiger partial charge in [0, 0.05) is 19.0 Å². The largest absolute Gasteiger partial charge is 0.486 e. The minimum Gasteiger partial charge on any atom is -0.486 e. The molecule has 0 aromatic heterocycles. The normalized spacial score (nSPS) is 25.0. The number of halogens is 1. The third-order valence-corrected chi connectivity index (χ3v) is 3.77. The number of nitrogens with one attached hydrogen (secondary N) is 1. The van der Waals surface area contributed by atoms with E-state index < -0.39 is 5.67 Å². The molecule has 110 valence electrons. The van der Waals surface area contributed by atoms with E-state index in [1.807, 2.05) is 0 Å². The maximum absolute atomic E-state index is 15.0. The van der Waals surface area contributed by atoms with Crippen LogP contribution in [-0.2, 0) is 10.4 Å². The van der Waals surface area contributed by atoms with Crippen molar-refractivity contribution in [3.05, 3.63) is 23.8 Å². The molecule has 0 saturated carbocycles. The van der Waals surface area contributed by atoms with Gasteiger partial charge in [-0.25, -0.2) is 4.39 Å². The summed E-state index contributed by atoms with van der Waals surface area (Å²) in [4.78, 5) is 0. The predicted octanol–water partition coefficient (Wildman–Crippen LogP) is 2.02. The van der Waals surface area contributed by atoms with E-state index >= 15 is 0 Å². The SMILES string of the molecule is CC(F)(CC1COCCN1)c1ccc2c(c1)OCCO2. The number of morpholine rings is 1. The molecule has 1 aromatic rings. The zero-order valence-electron chi connectivity index (χ0n) is 11.7. The summed E-state index contributed by atoms with van der Waals surface area (Å²) in [6.07, 6.45) is 0.382. The second-order valence-electron chi connectivity index (χ2n) is 5.49. The summed E-state index contributed by atoms with van der Waals surface area (Å²) in [7, 11) is 0. The molecular formula is C15H20FNO3. The Morgan fingerprint density at radius 2 is 2.05 bits per heavy atom. The molecule has 1 saturated heterocycles. The van der Waals surface area contributed by atoms with Gasteiger partial charge in [0.1, 0.15) is 18.9 Å². The standard InChI is InChI=1S/C15H20FNO3/c1-15(16,9-12-10-18-5-4-17-12)11-2-3-13-14(8-11)20-7-6-19-13/h2-3,8,12,17H,4-7,9-10H2,1H3. The molecule has 2 heterocycles. The number of benzene rings is 1. The van der Waals surface area contributed by atoms with Crippen molar-refractivity contribution in [1.82, 2.24) is 5.32 Å². The Bertz CT molecular complexity index is 472. The average molecular weight is 281 g/mol. The Kier molecular flexibility index (Phi) is 3.81. The second-order valence-corrected chi connectivity index (χ2v) is 5.49. The van der Waals surface area contributed by atoms with Gasteiger partial charge in [0.2, 0.25) is 0 Å². The van der Waals surface area contributed by atoms with Gasteiger partial charge in [-0.1, -0.05) is 6.07 Å². The van der Waals surface area contributed by atoms with Crippen LogP contribution in [0.1, 0.15) is 18.9 Å². The van der Waals surface area contributed by atoms with Crippen LogP contribution in [-0.4, -0.2) is 39.0 Å². The molecule has 2 aliphatic heterocycles. The zero-order valence-corrected chi connectivity index (χ0v) is 11.7. The van der Waals surface area contributed by atoms with E-state index in [1.165, 1.54) is 0 Å². The summed E-state index contributed by atoms with van der Waals surface area (Å²) in [5.74, 6) is 1.32. The Morgan fingerprint density at radius 3 is 2.80 bits per heavy atom. The fourth-order valence-electron chi connectivity index (χ4n) is 2.70. The number of ether oxygens (including phenoxy) is 3. The average Bonchev–Trinajstić information content (AvgIpc) is 2.47. The second kappa shape index (κ2) is 5.58. The predicted molar refractivity (Wildman–Crippen MR) is 73.1 cm³/mol. The molecule has 1 aromatic carbocycles. The van der Waals surface area contributed by atoms with Crippen LogP contribution >= 0.6 is 0 Å². The van der Waals surface area contributed by atoms with Crippen molar-refractivity contribution < 1.29 is 18.6 Å². The first-order valence-corrected chi connectivity index (χ1v) is 7.05. The van der Waals surface area contributed by atoms with Crippen molar-refractivity contribution in [1.29, 1.82) is 0 Å². The van der Waals surface area contributed by atoms with Gasteiger partial charge in [-0.3, -0.25) is 0 Å². The van der Waals surface area contributed by atoms with Crippen LogP contribution in [0.15, 0.2) is 18.2 Å². The molecule has 2 unspecified atom stereocenters. The molecule has 0 amide bonds. The lowest BCUT2D eigenvalue weighted by molar-refractivity contribution is 0.0473. The molecule has 4 nitrogen and oxygen atoms in total. The van der Waals surface area contributed by atoms with Crippen LogP contribution in [0.25, 0.3) is 0 Å². The smallest absolute Gasteiger partial charge is 0.161 e. The molecule has 0 spiro atoms. The van der Waals surface area contributed by atoms with E-state index in [9.17, 15) is 4.39 Å². The van der Waals surface area contributed by atoms with Crippen molar-refractivity contribution in [2.24, 2.45) is 0 Å². The lowest BCUT2D eigenvalue weighted by Gasteiger charge is -2.30. The van der Waals surface area contributed by atoms with Crippen molar-refractivity contribution in [2.45, 2.75) is 25.1 Å². The van der Waals surface area contributed by atoms with Gasteiger partial charge in [-0.2, -0.15) is 0 Å². The first kappa shape index (κ1) is 13.6. The summed E-state index contributed by atoms with van der Waals surface area (Å²) in [5.41, 5.74) is -0.803. The minimum atomic E-state index is -1.42. The van der Waals surface area contributed by atoms with Crippen molar-refractivity contribution in [3.63, 3.8) is 0 Å². The van der Waals surface area contributed by atoms with Crippen LogP contribution in [0.2, 0.25) is 0 Å². The lowest BCUT2D eigenvalue weighted by Crippen LogP contribution is -2.44. The summed E-state index contributed by atoms with van der Waals surface area (Å²) in [5, 5.41) is 3.29. The Morgan fingerprint density at radius 1 is 1.25 bits per heavy atom. The third-order valence-electron chi connectivity index (χ3n) is 3.77. The van der Waals surface area contributed by atoms with E-state index in [4.69, 9.17) is 14.2 Å². The van der Waals surface area contributed by atoms with Gasteiger partial charge in [0.25, 0.3) is 0 Å². The van der Waals surface area contributed by atoms with Crippen LogP contribution < -0.4 is 14.8 Å². The number of rotatable bonds is 3. The van der Waals surface area contributed by atoms with Crippen molar-refractivity contribution in [3.8, 4) is 11.5 Å². The summed E-state index contributed by atoms with van der Waals surface area (Å²) in [6, 6.07) is 5.36. The summed E-state index contributed by atoms with van der Waals surface area (Å²) in [6.45, 7) is 4.70. The Balaban J connectivity index is 1.75. The quantitative estimate of drug-likeness (QED) is 0.920. The lowest BCUT2D eigenvalue weighted by atomic mass is 9.90. The fourth-order valence-corrected chi connectivity index (χ4v) is 2.70. The van der Waals surface area contributed by atoms with E-state index in [-0.39, 0.29) is 6.04 Å². The molecule has 0 radical (unpaired) electrons. The highest BCUT2D eigenvalue weighted by Gasteiger charge is 2.32. The number of fused-ring (bicyclic) bond motifs is 1. The Labute approximate surface area is 118 Å². The van der Waals surface area contributed by atoms with E-state index in [0.717, 1.165) is 6.54 Å². The molecule has 2 atom stereocenters. The number of alkyl halides is 1. The highest BCUT2D eigenvalue weighted by atomic mass is 19.1. The first-order chi connectivity index (χ1) is 9.65. The molecule has 3 rings (SSSR count). The maximum Gasteiger partial charge on any atom is 0.161 e. The van der Waals surface area contributed by atoms with Gasteiger partial charge in [-0.05, 0) is 24.6 Å². The van der Waals surface area contributed by atoms with E-state index in [1.54, 1.807) is 25.1 Å². The van der Waals surface area contributed by atoms with Gasteiger partial charge in [0.05, 0.1) is 13.2 Å². The maximum atomic E-state index is 15.0. The number of hydrogen-bond acceptors (Lipinski definition) is 4. The van der Waals surface area contributed by atoms with Crippen LogP contribution in [0, 0.1) is 0 Å². The molecule has 1 fully saturated rings. The van der Waals surface area contributed by atoms with Crippen molar-refractivity contribution >= 4 is 0 Å². The Hall–Kier alpha value is -1.33. The van der Waals surface area contributed by atoms with Crippen molar-refractivity contribution in [2.75, 3.05) is 33.0 Å². The van der Waals surface area contributed by atoms with E-state index in [2.05, 4.69) is 5.32 Å². The molecule has 20 heavy (non-hydrogen) atoms. The highest BCUT2D eigenvalue weighted by molar-refractivity contribution is 5.45. The fraction of sp³-hybridized carbons (Fsp3) is 0.600. The molecule has 1 N–H and O–H groups in total. The van der Waals surface area contributed by atoms with Crippen LogP contribution in [0.3, 0.4) is 0 Å².